The van der Waals surface area contributed by atoms with Gasteiger partial charge in [0.1, 0.15) is 12.4 Å². The van der Waals surface area contributed by atoms with Gasteiger partial charge in [0.2, 0.25) is 0 Å². The molecule has 0 radical (unpaired) electrons. The van der Waals surface area contributed by atoms with Crippen molar-refractivity contribution in [2.75, 3.05) is 13.2 Å². The summed E-state index contributed by atoms with van der Waals surface area (Å²) >= 11 is 3.37. The Balaban J connectivity index is 1.66. The first-order chi connectivity index (χ1) is 9.24. The van der Waals surface area contributed by atoms with Crippen LogP contribution in [0.3, 0.4) is 0 Å². The second-order valence-electron chi connectivity index (χ2n) is 4.31. The van der Waals surface area contributed by atoms with Crippen molar-refractivity contribution in [1.29, 1.82) is 0 Å². The highest BCUT2D eigenvalue weighted by atomic mass is 79.9. The molecule has 0 aliphatic carbocycles. The zero-order chi connectivity index (χ0) is 13.5. The van der Waals surface area contributed by atoms with E-state index < -0.39 is 0 Å². The quantitative estimate of drug-likeness (QED) is 0.829. The van der Waals surface area contributed by atoms with Crippen LogP contribution in [-0.4, -0.2) is 18.1 Å². The van der Waals surface area contributed by atoms with Crippen LogP contribution in [0.5, 0.6) is 5.75 Å². The first-order valence-corrected chi connectivity index (χ1v) is 7.04. The van der Waals surface area contributed by atoms with Gasteiger partial charge in [-0.05, 0) is 52.7 Å². The van der Waals surface area contributed by atoms with E-state index >= 15 is 0 Å². The van der Waals surface area contributed by atoms with E-state index in [1.54, 1.807) is 6.20 Å². The maximum atomic E-state index is 5.65. The molecule has 1 aromatic heterocycles. The van der Waals surface area contributed by atoms with Crippen LogP contribution in [0, 0.1) is 6.92 Å². The van der Waals surface area contributed by atoms with Gasteiger partial charge in [-0.3, -0.25) is 4.98 Å². The van der Waals surface area contributed by atoms with Crippen molar-refractivity contribution in [1.82, 2.24) is 10.3 Å². The molecule has 1 N–H and O–H groups in total. The number of aryl methyl sites for hydroxylation is 1. The number of halogens is 1. The summed E-state index contributed by atoms with van der Waals surface area (Å²) in [4.78, 5) is 4.30. The number of aromatic nitrogens is 1. The Labute approximate surface area is 122 Å². The van der Waals surface area contributed by atoms with Crippen LogP contribution >= 0.6 is 15.9 Å². The smallest absolute Gasteiger partial charge is 0.119 e. The summed E-state index contributed by atoms with van der Waals surface area (Å²) in [6, 6.07) is 12.1. The molecule has 0 atom stereocenters. The van der Waals surface area contributed by atoms with Crippen LogP contribution in [0.4, 0.5) is 0 Å². The lowest BCUT2D eigenvalue weighted by molar-refractivity contribution is 0.313. The van der Waals surface area contributed by atoms with Crippen LogP contribution < -0.4 is 10.1 Å². The molecule has 0 amide bonds. The summed E-state index contributed by atoms with van der Waals surface area (Å²) in [7, 11) is 0. The molecule has 1 aromatic carbocycles. The fourth-order valence-corrected chi connectivity index (χ4v) is 1.91. The molecule has 4 heteroatoms. The Morgan fingerprint density at radius 1 is 1.26 bits per heavy atom. The van der Waals surface area contributed by atoms with E-state index in [0.717, 1.165) is 29.0 Å². The van der Waals surface area contributed by atoms with Crippen LogP contribution in [0.15, 0.2) is 47.1 Å². The average Bonchev–Trinajstić information content (AvgIpc) is 2.41. The highest BCUT2D eigenvalue weighted by molar-refractivity contribution is 9.10. The Hall–Kier alpha value is -1.39. The molecule has 0 aliphatic rings. The molecule has 19 heavy (non-hydrogen) atoms. The van der Waals surface area contributed by atoms with Crippen molar-refractivity contribution < 1.29 is 4.74 Å². The molecular weight excluding hydrogens is 304 g/mol. The first kappa shape index (κ1) is 14.0. The molecule has 0 spiro atoms. The Morgan fingerprint density at radius 2 is 2.16 bits per heavy atom. The zero-order valence-corrected chi connectivity index (χ0v) is 12.5. The van der Waals surface area contributed by atoms with Crippen LogP contribution in [0.1, 0.15) is 11.3 Å². The number of hydrogen-bond donors (Lipinski definition) is 1. The summed E-state index contributed by atoms with van der Waals surface area (Å²) in [5.74, 6) is 0.920. The van der Waals surface area contributed by atoms with E-state index in [4.69, 9.17) is 4.74 Å². The number of rotatable bonds is 6. The minimum Gasteiger partial charge on any atom is -0.492 e. The second-order valence-corrected chi connectivity index (χ2v) is 5.23. The average molecular weight is 321 g/mol. The molecular formula is C15H17BrN2O. The molecule has 0 aliphatic heterocycles. The van der Waals surface area contributed by atoms with E-state index in [0.29, 0.717) is 6.61 Å². The van der Waals surface area contributed by atoms with Gasteiger partial charge < -0.3 is 10.1 Å². The fraction of sp³-hybridized carbons (Fsp3) is 0.267. The summed E-state index contributed by atoms with van der Waals surface area (Å²) in [6.45, 7) is 4.26. The van der Waals surface area contributed by atoms with Gasteiger partial charge in [0.05, 0.1) is 5.69 Å². The normalized spacial score (nSPS) is 10.4. The molecule has 2 rings (SSSR count). The minimum absolute atomic E-state index is 0.653. The first-order valence-electron chi connectivity index (χ1n) is 6.24. The van der Waals surface area contributed by atoms with Gasteiger partial charge >= 0.3 is 0 Å². The maximum absolute atomic E-state index is 5.65. The van der Waals surface area contributed by atoms with Crippen LogP contribution in [0.25, 0.3) is 0 Å². The van der Waals surface area contributed by atoms with Crippen molar-refractivity contribution in [2.45, 2.75) is 13.5 Å². The largest absolute Gasteiger partial charge is 0.492 e. The zero-order valence-electron chi connectivity index (χ0n) is 10.9. The van der Waals surface area contributed by atoms with Gasteiger partial charge in [0.25, 0.3) is 0 Å². The lowest BCUT2D eigenvalue weighted by Gasteiger charge is -2.08. The monoisotopic (exact) mass is 320 g/mol. The van der Waals surface area contributed by atoms with Crippen molar-refractivity contribution >= 4 is 15.9 Å². The van der Waals surface area contributed by atoms with Gasteiger partial charge in [0, 0.05) is 23.8 Å². The van der Waals surface area contributed by atoms with Crippen LogP contribution in [0.2, 0.25) is 0 Å². The molecule has 3 nitrogen and oxygen atoms in total. The summed E-state index contributed by atoms with van der Waals surface area (Å²) in [5, 5.41) is 3.30. The van der Waals surface area contributed by atoms with Crippen LogP contribution in [-0.2, 0) is 6.54 Å². The number of hydrogen-bond acceptors (Lipinski definition) is 3. The van der Waals surface area contributed by atoms with E-state index in [1.807, 2.05) is 30.3 Å². The van der Waals surface area contributed by atoms with E-state index in [1.165, 1.54) is 5.56 Å². The topological polar surface area (TPSA) is 34.1 Å². The second kappa shape index (κ2) is 7.26. The maximum Gasteiger partial charge on any atom is 0.119 e. The number of benzene rings is 1. The highest BCUT2D eigenvalue weighted by Crippen LogP contribution is 2.11. The molecule has 0 fully saturated rings. The minimum atomic E-state index is 0.653. The number of nitrogens with one attached hydrogen (secondary N) is 1. The van der Waals surface area contributed by atoms with Gasteiger partial charge in [-0.1, -0.05) is 12.1 Å². The third-order valence-corrected chi connectivity index (χ3v) is 3.10. The van der Waals surface area contributed by atoms with Crippen molar-refractivity contribution in [2.24, 2.45) is 0 Å². The fourth-order valence-electron chi connectivity index (χ4n) is 1.67. The van der Waals surface area contributed by atoms with Crippen molar-refractivity contribution in [3.63, 3.8) is 0 Å². The van der Waals surface area contributed by atoms with Gasteiger partial charge in [-0.2, -0.15) is 0 Å². The highest BCUT2D eigenvalue weighted by Gasteiger charge is 1.96. The third kappa shape index (κ3) is 5.01. The third-order valence-electron chi connectivity index (χ3n) is 2.63. The molecule has 0 saturated heterocycles. The predicted molar refractivity (Wildman–Crippen MR) is 80.3 cm³/mol. The molecule has 100 valence electrons. The van der Waals surface area contributed by atoms with E-state index in [2.05, 4.69) is 39.2 Å². The number of nitrogens with zero attached hydrogens (tertiary/aromatic N) is 1. The van der Waals surface area contributed by atoms with Gasteiger partial charge in [-0.15, -0.1) is 0 Å². The standard InChI is InChI=1S/C15H17BrN2O/c1-12-3-2-4-15(9-12)19-8-7-17-11-14-6-5-13(16)10-18-14/h2-6,9-10,17H,7-8,11H2,1H3. The van der Waals surface area contributed by atoms with E-state index in [9.17, 15) is 0 Å². The Morgan fingerprint density at radius 3 is 2.89 bits per heavy atom. The number of ether oxygens (including phenoxy) is 1. The van der Waals surface area contributed by atoms with E-state index in [-0.39, 0.29) is 0 Å². The Bertz CT molecular complexity index is 514. The Kier molecular flexibility index (Phi) is 5.36. The summed E-state index contributed by atoms with van der Waals surface area (Å²) in [5.41, 5.74) is 2.24. The molecule has 0 saturated carbocycles. The lowest BCUT2D eigenvalue weighted by Crippen LogP contribution is -2.21. The predicted octanol–water partition coefficient (Wildman–Crippen LogP) is 3.32. The lowest BCUT2D eigenvalue weighted by atomic mass is 10.2. The molecule has 1 heterocycles. The summed E-state index contributed by atoms with van der Waals surface area (Å²) in [6.07, 6.45) is 1.81. The molecule has 0 unspecified atom stereocenters. The number of pyridine rings is 1. The summed E-state index contributed by atoms with van der Waals surface area (Å²) < 4.78 is 6.65. The van der Waals surface area contributed by atoms with Gasteiger partial charge in [-0.25, -0.2) is 0 Å². The van der Waals surface area contributed by atoms with Crippen molar-refractivity contribution in [3.8, 4) is 5.75 Å². The van der Waals surface area contributed by atoms with Gasteiger partial charge in [0.15, 0.2) is 0 Å². The molecule has 2 aromatic rings. The van der Waals surface area contributed by atoms with Crippen molar-refractivity contribution in [3.05, 3.63) is 58.3 Å². The SMILES string of the molecule is Cc1cccc(OCCNCc2ccc(Br)cn2)c1. The molecule has 0 bridgehead atoms.